The summed E-state index contributed by atoms with van der Waals surface area (Å²) in [6, 6.07) is 12.6. The Morgan fingerprint density at radius 3 is 2.87 bits per heavy atom. The highest BCUT2D eigenvalue weighted by molar-refractivity contribution is 7.79. The second-order valence-electron chi connectivity index (χ2n) is 3.40. The molecule has 0 spiro atoms. The highest BCUT2D eigenvalue weighted by atomic mass is 32.1. The molecule has 0 saturated heterocycles. The molecule has 1 heterocycles. The lowest BCUT2D eigenvalue weighted by Crippen LogP contribution is -1.76. The summed E-state index contributed by atoms with van der Waals surface area (Å²) < 4.78 is 1.25. The van der Waals surface area contributed by atoms with Gasteiger partial charge in [0.1, 0.15) is 5.01 Å². The van der Waals surface area contributed by atoms with Crippen molar-refractivity contribution >= 4 is 45.0 Å². The fourth-order valence-electron chi connectivity index (χ4n) is 1.77. The highest BCUT2D eigenvalue weighted by Crippen LogP contribution is 2.29. The van der Waals surface area contributed by atoms with E-state index in [9.17, 15) is 0 Å². The fraction of sp³-hybridized carbons (Fsp3) is 0.0833. The third-order valence-electron chi connectivity index (χ3n) is 2.46. The normalized spacial score (nSPS) is 11.3. The molecule has 3 aromatic rings. The van der Waals surface area contributed by atoms with E-state index >= 15 is 0 Å². The molecule has 0 unspecified atom stereocenters. The first-order chi connectivity index (χ1) is 7.38. The molecule has 0 saturated carbocycles. The van der Waals surface area contributed by atoms with Crippen molar-refractivity contribution < 1.29 is 0 Å². The maximum Gasteiger partial charge on any atom is 0.103 e. The lowest BCUT2D eigenvalue weighted by Gasteiger charge is -1.96. The van der Waals surface area contributed by atoms with Gasteiger partial charge in [-0.2, -0.15) is 12.6 Å². The second kappa shape index (κ2) is 3.51. The van der Waals surface area contributed by atoms with Crippen molar-refractivity contribution in [3.8, 4) is 0 Å². The van der Waals surface area contributed by atoms with E-state index in [-0.39, 0.29) is 0 Å². The summed E-state index contributed by atoms with van der Waals surface area (Å²) in [5.41, 5.74) is 1.11. The van der Waals surface area contributed by atoms with Gasteiger partial charge in [0, 0.05) is 11.1 Å². The van der Waals surface area contributed by atoms with Crippen molar-refractivity contribution in [2.75, 3.05) is 0 Å². The van der Waals surface area contributed by atoms with Gasteiger partial charge in [-0.1, -0.05) is 30.3 Å². The molecule has 0 bridgehead atoms. The summed E-state index contributed by atoms with van der Waals surface area (Å²) in [7, 11) is 0. The van der Waals surface area contributed by atoms with Crippen LogP contribution in [0.2, 0.25) is 0 Å². The van der Waals surface area contributed by atoms with E-state index in [0.29, 0.717) is 5.75 Å². The van der Waals surface area contributed by atoms with Gasteiger partial charge in [0.2, 0.25) is 0 Å². The fourth-order valence-corrected chi connectivity index (χ4v) is 2.88. The van der Waals surface area contributed by atoms with Crippen LogP contribution in [0.25, 0.3) is 21.0 Å². The zero-order valence-corrected chi connectivity index (χ0v) is 9.68. The first-order valence-electron chi connectivity index (χ1n) is 4.76. The number of hydrogen-bond donors (Lipinski definition) is 1. The zero-order chi connectivity index (χ0) is 10.3. The third-order valence-corrected chi connectivity index (χ3v) is 4.00. The number of thiazole rings is 1. The van der Waals surface area contributed by atoms with Gasteiger partial charge in [0.25, 0.3) is 0 Å². The van der Waals surface area contributed by atoms with Crippen LogP contribution >= 0.6 is 24.0 Å². The van der Waals surface area contributed by atoms with Gasteiger partial charge in [-0.15, -0.1) is 11.3 Å². The number of fused-ring (bicyclic) bond motifs is 3. The standard InChI is InChI=1S/C12H9NS2/c14-7-11-13-12-9-4-2-1-3-8(9)5-6-10(12)15-11/h1-6,14H,7H2. The van der Waals surface area contributed by atoms with E-state index in [2.05, 4.69) is 54.0 Å². The molecule has 15 heavy (non-hydrogen) atoms. The Hall–Kier alpha value is -1.06. The van der Waals surface area contributed by atoms with Gasteiger partial charge >= 0.3 is 0 Å². The monoisotopic (exact) mass is 231 g/mol. The highest BCUT2D eigenvalue weighted by Gasteiger charge is 2.05. The topological polar surface area (TPSA) is 12.9 Å². The molecule has 2 aromatic carbocycles. The molecule has 0 fully saturated rings. The molecule has 0 aliphatic carbocycles. The molecule has 0 amide bonds. The Morgan fingerprint density at radius 2 is 2.00 bits per heavy atom. The molecule has 0 N–H and O–H groups in total. The summed E-state index contributed by atoms with van der Waals surface area (Å²) in [4.78, 5) is 4.60. The van der Waals surface area contributed by atoms with Crippen LogP contribution in [0.3, 0.4) is 0 Å². The van der Waals surface area contributed by atoms with E-state index in [1.54, 1.807) is 11.3 Å². The average Bonchev–Trinajstić information content (AvgIpc) is 2.72. The van der Waals surface area contributed by atoms with E-state index in [1.807, 2.05) is 0 Å². The Labute approximate surface area is 97.2 Å². The third kappa shape index (κ3) is 1.43. The molecule has 0 radical (unpaired) electrons. The number of aromatic nitrogens is 1. The molecular formula is C12H9NS2. The Morgan fingerprint density at radius 1 is 1.13 bits per heavy atom. The maximum absolute atomic E-state index is 4.60. The number of benzene rings is 2. The SMILES string of the molecule is SCc1nc2c(ccc3ccccc32)s1. The Balaban J connectivity index is 2.47. The van der Waals surface area contributed by atoms with Crippen molar-refractivity contribution in [1.29, 1.82) is 0 Å². The number of rotatable bonds is 1. The van der Waals surface area contributed by atoms with Gasteiger partial charge < -0.3 is 0 Å². The first kappa shape index (κ1) is 9.19. The largest absolute Gasteiger partial charge is 0.240 e. The Kier molecular flexibility index (Phi) is 2.15. The minimum atomic E-state index is 0.716. The van der Waals surface area contributed by atoms with Crippen LogP contribution in [-0.2, 0) is 5.75 Å². The molecule has 0 aliphatic heterocycles. The number of nitrogens with zero attached hydrogens (tertiary/aromatic N) is 1. The zero-order valence-electron chi connectivity index (χ0n) is 7.97. The van der Waals surface area contributed by atoms with E-state index in [4.69, 9.17) is 0 Å². The summed E-state index contributed by atoms with van der Waals surface area (Å²) in [5.74, 6) is 0.716. The predicted molar refractivity (Wildman–Crippen MR) is 69.8 cm³/mol. The Bertz CT molecular complexity index is 628. The van der Waals surface area contributed by atoms with Gasteiger partial charge in [0.05, 0.1) is 10.2 Å². The molecule has 0 aliphatic rings. The van der Waals surface area contributed by atoms with Crippen molar-refractivity contribution in [1.82, 2.24) is 4.98 Å². The smallest absolute Gasteiger partial charge is 0.103 e. The van der Waals surface area contributed by atoms with Crippen molar-refractivity contribution in [2.24, 2.45) is 0 Å². The van der Waals surface area contributed by atoms with Crippen LogP contribution in [0.1, 0.15) is 5.01 Å². The predicted octanol–water partition coefficient (Wildman–Crippen LogP) is 3.88. The van der Waals surface area contributed by atoms with Crippen LogP contribution in [0.5, 0.6) is 0 Å². The van der Waals surface area contributed by atoms with Crippen LogP contribution in [0.4, 0.5) is 0 Å². The molecule has 1 nitrogen and oxygen atoms in total. The first-order valence-corrected chi connectivity index (χ1v) is 6.21. The van der Waals surface area contributed by atoms with E-state index in [0.717, 1.165) is 10.5 Å². The van der Waals surface area contributed by atoms with Gasteiger partial charge in [-0.3, -0.25) is 0 Å². The van der Waals surface area contributed by atoms with E-state index in [1.165, 1.54) is 15.5 Å². The molecule has 74 valence electrons. The summed E-state index contributed by atoms with van der Waals surface area (Å²) >= 11 is 5.99. The second-order valence-corrected chi connectivity index (χ2v) is 4.83. The average molecular weight is 231 g/mol. The number of thiol groups is 1. The van der Waals surface area contributed by atoms with Crippen LogP contribution in [0.15, 0.2) is 36.4 Å². The van der Waals surface area contributed by atoms with Crippen molar-refractivity contribution in [2.45, 2.75) is 5.75 Å². The molecule has 3 rings (SSSR count). The summed E-state index contributed by atoms with van der Waals surface area (Å²) in [6.07, 6.45) is 0. The van der Waals surface area contributed by atoms with Gasteiger partial charge in [-0.25, -0.2) is 4.98 Å². The van der Waals surface area contributed by atoms with Crippen LogP contribution in [0, 0.1) is 0 Å². The summed E-state index contributed by atoms with van der Waals surface area (Å²) in [6.45, 7) is 0. The van der Waals surface area contributed by atoms with Gasteiger partial charge in [0.15, 0.2) is 0 Å². The molecule has 0 atom stereocenters. The summed E-state index contributed by atoms with van der Waals surface area (Å²) in [5, 5.41) is 3.57. The van der Waals surface area contributed by atoms with E-state index < -0.39 is 0 Å². The van der Waals surface area contributed by atoms with Crippen molar-refractivity contribution in [3.63, 3.8) is 0 Å². The molecule has 1 aromatic heterocycles. The van der Waals surface area contributed by atoms with Crippen molar-refractivity contribution in [3.05, 3.63) is 41.4 Å². The van der Waals surface area contributed by atoms with Crippen LogP contribution < -0.4 is 0 Å². The van der Waals surface area contributed by atoms with Gasteiger partial charge in [-0.05, 0) is 11.5 Å². The quantitative estimate of drug-likeness (QED) is 0.627. The molecule has 3 heteroatoms. The minimum absolute atomic E-state index is 0.716. The molecular weight excluding hydrogens is 222 g/mol. The lowest BCUT2D eigenvalue weighted by atomic mass is 10.1. The lowest BCUT2D eigenvalue weighted by molar-refractivity contribution is 1.32. The van der Waals surface area contributed by atoms with Crippen LogP contribution in [-0.4, -0.2) is 4.98 Å². The number of hydrogen-bond acceptors (Lipinski definition) is 3. The maximum atomic E-state index is 4.60. The minimum Gasteiger partial charge on any atom is -0.240 e.